The summed E-state index contributed by atoms with van der Waals surface area (Å²) in [5, 5.41) is -0.0325. The molecule has 18 heavy (non-hydrogen) atoms. The monoisotopic (exact) mass is 262 g/mol. The van der Waals surface area contributed by atoms with Crippen molar-refractivity contribution < 1.29 is 0 Å². The zero-order valence-electron chi connectivity index (χ0n) is 11.2. The fraction of sp³-hybridized carbons (Fsp3) is 0.533. The molecule has 3 heteroatoms. The van der Waals surface area contributed by atoms with E-state index in [0.717, 1.165) is 17.3 Å². The maximum Gasteiger partial charge on any atom is 0.127 e. The van der Waals surface area contributed by atoms with Gasteiger partial charge in [-0.25, -0.2) is 4.98 Å². The SMILES string of the molecule is CCC1CC1n1c(C(C)Cl)nc2cccc(C)c21. The molecule has 1 aromatic carbocycles. The predicted octanol–water partition coefficient (Wildman–Crippen LogP) is 4.62. The lowest BCUT2D eigenvalue weighted by molar-refractivity contribution is 0.624. The molecule has 1 heterocycles. The van der Waals surface area contributed by atoms with Crippen molar-refractivity contribution in [2.45, 2.75) is 45.0 Å². The van der Waals surface area contributed by atoms with Crippen LogP contribution in [0.25, 0.3) is 11.0 Å². The smallest absolute Gasteiger partial charge is 0.127 e. The van der Waals surface area contributed by atoms with Gasteiger partial charge in [-0.3, -0.25) is 0 Å². The second kappa shape index (κ2) is 4.27. The van der Waals surface area contributed by atoms with E-state index in [1.54, 1.807) is 0 Å². The molecule has 1 saturated carbocycles. The van der Waals surface area contributed by atoms with Crippen molar-refractivity contribution in [3.63, 3.8) is 0 Å². The number of aryl methyl sites for hydroxylation is 1. The van der Waals surface area contributed by atoms with Crippen molar-refractivity contribution >= 4 is 22.6 Å². The molecule has 3 atom stereocenters. The average molecular weight is 263 g/mol. The van der Waals surface area contributed by atoms with Gasteiger partial charge < -0.3 is 4.57 Å². The van der Waals surface area contributed by atoms with Gasteiger partial charge in [0.1, 0.15) is 5.82 Å². The summed E-state index contributed by atoms with van der Waals surface area (Å²) in [6.07, 6.45) is 2.51. The third-order valence-corrected chi connectivity index (χ3v) is 4.23. The standard InChI is InChI=1S/C15H19ClN2/c1-4-11-8-13(11)18-14-9(2)6-5-7-12(14)17-15(18)10(3)16/h5-7,10-11,13H,4,8H2,1-3H3. The van der Waals surface area contributed by atoms with Gasteiger partial charge in [-0.2, -0.15) is 0 Å². The third kappa shape index (κ3) is 1.74. The molecule has 2 aromatic rings. The minimum Gasteiger partial charge on any atom is -0.323 e. The molecule has 1 fully saturated rings. The first-order chi connectivity index (χ1) is 8.63. The fourth-order valence-electron chi connectivity index (χ4n) is 2.94. The third-order valence-electron chi connectivity index (χ3n) is 4.04. The van der Waals surface area contributed by atoms with Crippen LogP contribution in [0.4, 0.5) is 0 Å². The zero-order valence-corrected chi connectivity index (χ0v) is 11.9. The molecule has 0 N–H and O–H groups in total. The summed E-state index contributed by atoms with van der Waals surface area (Å²) in [5.41, 5.74) is 3.66. The Morgan fingerprint density at radius 2 is 2.28 bits per heavy atom. The van der Waals surface area contributed by atoms with Gasteiger partial charge in [0.25, 0.3) is 0 Å². The number of benzene rings is 1. The molecular formula is C15H19ClN2. The zero-order chi connectivity index (χ0) is 12.9. The summed E-state index contributed by atoms with van der Waals surface area (Å²) in [6.45, 7) is 6.44. The number of hydrogen-bond acceptors (Lipinski definition) is 1. The van der Waals surface area contributed by atoms with E-state index in [2.05, 4.69) is 36.6 Å². The molecule has 96 valence electrons. The molecule has 0 aliphatic heterocycles. The molecule has 1 aliphatic rings. The van der Waals surface area contributed by atoms with Gasteiger partial charge in [-0.15, -0.1) is 11.6 Å². The first-order valence-corrected chi connectivity index (χ1v) is 7.18. The van der Waals surface area contributed by atoms with Crippen molar-refractivity contribution in [2.24, 2.45) is 5.92 Å². The van der Waals surface area contributed by atoms with Crippen molar-refractivity contribution in [3.05, 3.63) is 29.6 Å². The highest BCUT2D eigenvalue weighted by Crippen LogP contribution is 2.48. The fourth-order valence-corrected chi connectivity index (χ4v) is 3.10. The molecule has 0 saturated heterocycles. The minimum absolute atomic E-state index is 0.0325. The van der Waals surface area contributed by atoms with Crippen LogP contribution in [0.1, 0.15) is 49.5 Å². The van der Waals surface area contributed by atoms with E-state index in [-0.39, 0.29) is 5.38 Å². The summed E-state index contributed by atoms with van der Waals surface area (Å²) in [6, 6.07) is 6.93. The van der Waals surface area contributed by atoms with Gasteiger partial charge in [0.15, 0.2) is 0 Å². The molecule has 1 aromatic heterocycles. The van der Waals surface area contributed by atoms with Crippen LogP contribution in [0.15, 0.2) is 18.2 Å². The van der Waals surface area contributed by atoms with Crippen LogP contribution >= 0.6 is 11.6 Å². The number of rotatable bonds is 3. The van der Waals surface area contributed by atoms with Crippen LogP contribution in [0, 0.1) is 12.8 Å². The van der Waals surface area contributed by atoms with Gasteiger partial charge >= 0.3 is 0 Å². The van der Waals surface area contributed by atoms with Gasteiger partial charge in [0, 0.05) is 6.04 Å². The Kier molecular flexibility index (Phi) is 2.86. The Morgan fingerprint density at radius 3 is 2.89 bits per heavy atom. The van der Waals surface area contributed by atoms with Gasteiger partial charge in [-0.1, -0.05) is 25.5 Å². The van der Waals surface area contributed by atoms with E-state index >= 15 is 0 Å². The molecule has 3 rings (SSSR count). The first-order valence-electron chi connectivity index (χ1n) is 6.75. The molecule has 2 nitrogen and oxygen atoms in total. The van der Waals surface area contributed by atoms with Gasteiger partial charge in [-0.05, 0) is 37.8 Å². The lowest BCUT2D eigenvalue weighted by Crippen LogP contribution is -2.04. The van der Waals surface area contributed by atoms with Gasteiger partial charge in [0.05, 0.1) is 16.4 Å². The maximum atomic E-state index is 6.31. The quantitative estimate of drug-likeness (QED) is 0.739. The van der Waals surface area contributed by atoms with Crippen LogP contribution in [-0.4, -0.2) is 9.55 Å². The van der Waals surface area contributed by atoms with E-state index in [1.807, 2.05) is 6.92 Å². The summed E-state index contributed by atoms with van der Waals surface area (Å²) < 4.78 is 2.40. The average Bonchev–Trinajstić information content (AvgIpc) is 3.01. The van der Waals surface area contributed by atoms with Crippen LogP contribution in [0.2, 0.25) is 0 Å². The summed E-state index contributed by atoms with van der Waals surface area (Å²) in [7, 11) is 0. The second-order valence-corrected chi connectivity index (χ2v) is 6.02. The number of nitrogens with zero attached hydrogens (tertiary/aromatic N) is 2. The minimum atomic E-state index is -0.0325. The van der Waals surface area contributed by atoms with E-state index in [4.69, 9.17) is 16.6 Å². The maximum absolute atomic E-state index is 6.31. The van der Waals surface area contributed by atoms with Crippen LogP contribution < -0.4 is 0 Å². The van der Waals surface area contributed by atoms with Crippen molar-refractivity contribution in [2.75, 3.05) is 0 Å². The highest BCUT2D eigenvalue weighted by molar-refractivity contribution is 6.20. The topological polar surface area (TPSA) is 17.8 Å². The summed E-state index contributed by atoms with van der Waals surface area (Å²) in [5.74, 6) is 1.83. The highest BCUT2D eigenvalue weighted by atomic mass is 35.5. The summed E-state index contributed by atoms with van der Waals surface area (Å²) >= 11 is 6.31. The molecule has 0 bridgehead atoms. The second-order valence-electron chi connectivity index (χ2n) is 5.37. The first kappa shape index (κ1) is 12.0. The van der Waals surface area contributed by atoms with Crippen molar-refractivity contribution in [1.82, 2.24) is 9.55 Å². The molecule has 0 amide bonds. The lowest BCUT2D eigenvalue weighted by Gasteiger charge is -2.11. The van der Waals surface area contributed by atoms with Gasteiger partial charge in [0.2, 0.25) is 0 Å². The molecular weight excluding hydrogens is 244 g/mol. The number of aromatic nitrogens is 2. The van der Waals surface area contributed by atoms with Crippen molar-refractivity contribution in [3.8, 4) is 0 Å². The molecule has 0 spiro atoms. The Balaban J connectivity index is 2.22. The molecule has 0 radical (unpaired) electrons. The molecule has 3 unspecified atom stereocenters. The van der Waals surface area contributed by atoms with E-state index in [9.17, 15) is 0 Å². The number of imidazole rings is 1. The Hall–Kier alpha value is -1.02. The van der Waals surface area contributed by atoms with E-state index in [1.165, 1.54) is 23.9 Å². The largest absolute Gasteiger partial charge is 0.323 e. The number of hydrogen-bond donors (Lipinski definition) is 0. The Morgan fingerprint density at radius 1 is 1.50 bits per heavy atom. The van der Waals surface area contributed by atoms with Crippen LogP contribution in [0.3, 0.4) is 0 Å². The van der Waals surface area contributed by atoms with Crippen molar-refractivity contribution in [1.29, 1.82) is 0 Å². The lowest BCUT2D eigenvalue weighted by atomic mass is 10.2. The van der Waals surface area contributed by atoms with Crippen LogP contribution in [0.5, 0.6) is 0 Å². The number of halogens is 1. The summed E-state index contributed by atoms with van der Waals surface area (Å²) in [4.78, 5) is 4.73. The predicted molar refractivity (Wildman–Crippen MR) is 76.2 cm³/mol. The number of fused-ring (bicyclic) bond motifs is 1. The number of alkyl halides is 1. The normalized spacial score (nSPS) is 24.4. The van der Waals surface area contributed by atoms with E-state index in [0.29, 0.717) is 6.04 Å². The number of para-hydroxylation sites is 1. The highest BCUT2D eigenvalue weighted by Gasteiger charge is 2.39. The Bertz CT molecular complexity index is 585. The Labute approximate surface area is 113 Å². The molecule has 1 aliphatic carbocycles. The van der Waals surface area contributed by atoms with E-state index < -0.39 is 0 Å². The van der Waals surface area contributed by atoms with Crippen LogP contribution in [-0.2, 0) is 0 Å².